The van der Waals surface area contributed by atoms with Crippen LogP contribution in [0, 0.1) is 18.7 Å². The van der Waals surface area contributed by atoms with Crippen LogP contribution in [0.15, 0.2) is 29.8 Å². The van der Waals surface area contributed by atoms with Crippen LogP contribution in [-0.4, -0.2) is 28.1 Å². The number of aryl methyl sites for hydroxylation is 1. The topological polar surface area (TPSA) is 36.4 Å². The summed E-state index contributed by atoms with van der Waals surface area (Å²) in [7, 11) is 0. The molecule has 3 nitrogen and oxygen atoms in total. The smallest absolute Gasteiger partial charge is 0.123 e. The lowest BCUT2D eigenvalue weighted by Crippen LogP contribution is -2.31. The zero-order valence-electron chi connectivity index (χ0n) is 13.3. The maximum Gasteiger partial charge on any atom is 0.123 e. The van der Waals surface area contributed by atoms with Gasteiger partial charge in [0, 0.05) is 24.5 Å². The van der Waals surface area contributed by atoms with Gasteiger partial charge >= 0.3 is 0 Å². The number of aliphatic hydroxyl groups is 1. The summed E-state index contributed by atoms with van der Waals surface area (Å²) in [6.07, 6.45) is -0.618. The molecule has 1 aromatic heterocycles. The van der Waals surface area contributed by atoms with Gasteiger partial charge in [-0.2, -0.15) is 0 Å². The molecule has 0 radical (unpaired) electrons. The van der Waals surface area contributed by atoms with Crippen molar-refractivity contribution in [3.05, 3.63) is 51.7 Å². The van der Waals surface area contributed by atoms with Gasteiger partial charge in [0.2, 0.25) is 0 Å². The molecular formula is C17H23FN2OS. The van der Waals surface area contributed by atoms with E-state index in [-0.39, 0.29) is 5.82 Å². The molecule has 0 aliphatic rings. The number of hydrogen-bond acceptors (Lipinski definition) is 4. The van der Waals surface area contributed by atoms with Crippen molar-refractivity contribution in [2.24, 2.45) is 5.92 Å². The van der Waals surface area contributed by atoms with Crippen molar-refractivity contribution in [3.63, 3.8) is 0 Å². The van der Waals surface area contributed by atoms with E-state index in [1.165, 1.54) is 17.0 Å². The van der Waals surface area contributed by atoms with Crippen molar-refractivity contribution in [3.8, 4) is 0 Å². The third-order valence-electron chi connectivity index (χ3n) is 3.52. The summed E-state index contributed by atoms with van der Waals surface area (Å²) in [5.41, 5.74) is 3.65. The summed E-state index contributed by atoms with van der Waals surface area (Å²) in [5, 5.41) is 10.4. The number of benzene rings is 1. The lowest BCUT2D eigenvalue weighted by atomic mass is 10.1. The minimum atomic E-state index is -0.618. The van der Waals surface area contributed by atoms with Gasteiger partial charge < -0.3 is 5.11 Å². The number of aliphatic hydroxyl groups excluding tert-OH is 1. The minimum absolute atomic E-state index is 0.282. The lowest BCUT2D eigenvalue weighted by molar-refractivity contribution is 0.102. The molecule has 0 aliphatic heterocycles. The molecule has 2 rings (SSSR count). The summed E-state index contributed by atoms with van der Waals surface area (Å²) in [6, 6.07) is 6.06. The Morgan fingerprint density at radius 3 is 2.45 bits per heavy atom. The summed E-state index contributed by atoms with van der Waals surface area (Å²) >= 11 is 1.65. The molecule has 1 unspecified atom stereocenters. The first-order chi connectivity index (χ1) is 10.5. The molecule has 0 bridgehead atoms. The average Bonchev–Trinajstić information content (AvgIpc) is 2.84. The maximum atomic E-state index is 13.0. The van der Waals surface area contributed by atoms with Crippen LogP contribution in [0.1, 0.15) is 36.1 Å². The zero-order valence-corrected chi connectivity index (χ0v) is 14.1. The second-order valence-corrected chi connectivity index (χ2v) is 6.96. The van der Waals surface area contributed by atoms with Crippen molar-refractivity contribution < 1.29 is 9.50 Å². The van der Waals surface area contributed by atoms with Crippen LogP contribution in [0.3, 0.4) is 0 Å². The highest BCUT2D eigenvalue weighted by molar-refractivity contribution is 7.09. The Hall–Kier alpha value is -1.30. The van der Waals surface area contributed by atoms with Gasteiger partial charge in [-0.05, 0) is 30.5 Å². The third kappa shape index (κ3) is 4.87. The summed E-state index contributed by atoms with van der Waals surface area (Å²) in [5.74, 6) is 0.226. The van der Waals surface area contributed by atoms with Crippen molar-refractivity contribution in [2.45, 2.75) is 33.4 Å². The Morgan fingerprint density at radius 1 is 1.23 bits per heavy atom. The lowest BCUT2D eigenvalue weighted by Gasteiger charge is -2.26. The van der Waals surface area contributed by atoms with E-state index in [4.69, 9.17) is 0 Å². The van der Waals surface area contributed by atoms with E-state index in [1.807, 2.05) is 12.4 Å². The molecule has 0 saturated carbocycles. The third-order valence-corrected chi connectivity index (χ3v) is 4.44. The van der Waals surface area contributed by atoms with Crippen molar-refractivity contribution in [2.75, 3.05) is 13.1 Å². The van der Waals surface area contributed by atoms with Gasteiger partial charge in [0.05, 0.1) is 17.3 Å². The first-order valence-corrected chi connectivity index (χ1v) is 8.38. The van der Waals surface area contributed by atoms with Gasteiger partial charge in [0.25, 0.3) is 0 Å². The summed E-state index contributed by atoms with van der Waals surface area (Å²) in [6.45, 7) is 8.55. The van der Waals surface area contributed by atoms with Crippen LogP contribution in [0.2, 0.25) is 0 Å². The Morgan fingerprint density at radius 2 is 1.91 bits per heavy atom. The highest BCUT2D eigenvalue weighted by Crippen LogP contribution is 2.20. The number of halogens is 1. The predicted molar refractivity (Wildman–Crippen MR) is 88.3 cm³/mol. The summed E-state index contributed by atoms with van der Waals surface area (Å²) in [4.78, 5) is 7.75. The normalized spacial score (nSPS) is 13.0. The Bertz CT molecular complexity index is 583. The standard InChI is InChI=1S/C17H23FN2OS/c1-12(2)8-20(10-17-13(3)19-11-22-17)9-16(21)14-4-6-15(18)7-5-14/h4-7,11-12,16,21H,8-10H2,1-3H3. The number of thiazole rings is 1. The molecule has 0 amide bonds. The van der Waals surface area contributed by atoms with Crippen LogP contribution in [0.4, 0.5) is 4.39 Å². The molecule has 0 aliphatic carbocycles. The van der Waals surface area contributed by atoms with Crippen LogP contribution in [0.5, 0.6) is 0 Å². The Labute approximate surface area is 135 Å². The highest BCUT2D eigenvalue weighted by Gasteiger charge is 2.17. The average molecular weight is 322 g/mol. The predicted octanol–water partition coefficient (Wildman–Crippen LogP) is 3.78. The van der Waals surface area contributed by atoms with Crippen molar-refractivity contribution in [1.29, 1.82) is 0 Å². The number of nitrogens with zero attached hydrogens (tertiary/aromatic N) is 2. The van der Waals surface area contributed by atoms with E-state index in [0.29, 0.717) is 12.5 Å². The molecule has 5 heteroatoms. The van der Waals surface area contributed by atoms with Crippen LogP contribution < -0.4 is 0 Å². The molecule has 1 atom stereocenters. The van der Waals surface area contributed by atoms with E-state index < -0.39 is 6.10 Å². The van der Waals surface area contributed by atoms with Crippen LogP contribution >= 0.6 is 11.3 Å². The fourth-order valence-electron chi connectivity index (χ4n) is 2.44. The van der Waals surface area contributed by atoms with E-state index in [1.54, 1.807) is 23.5 Å². The summed E-state index contributed by atoms with van der Waals surface area (Å²) < 4.78 is 13.0. The molecule has 22 heavy (non-hydrogen) atoms. The van der Waals surface area contributed by atoms with Gasteiger partial charge in [0.15, 0.2) is 0 Å². The Balaban J connectivity index is 2.05. The van der Waals surface area contributed by atoms with Gasteiger partial charge in [-0.25, -0.2) is 9.37 Å². The van der Waals surface area contributed by atoms with Gasteiger partial charge in [-0.1, -0.05) is 26.0 Å². The van der Waals surface area contributed by atoms with Gasteiger partial charge in [-0.3, -0.25) is 4.90 Å². The molecule has 0 saturated heterocycles. The number of aromatic nitrogens is 1. The zero-order chi connectivity index (χ0) is 16.1. The maximum absolute atomic E-state index is 13.0. The Kier molecular flexibility index (Phi) is 6.06. The fraction of sp³-hybridized carbons (Fsp3) is 0.471. The minimum Gasteiger partial charge on any atom is -0.387 e. The fourth-order valence-corrected chi connectivity index (χ4v) is 3.25. The monoisotopic (exact) mass is 322 g/mol. The first-order valence-electron chi connectivity index (χ1n) is 7.50. The number of hydrogen-bond donors (Lipinski definition) is 1. The van der Waals surface area contributed by atoms with Crippen LogP contribution in [0.25, 0.3) is 0 Å². The number of rotatable bonds is 7. The molecule has 120 valence electrons. The molecule has 1 heterocycles. The van der Waals surface area contributed by atoms with Crippen LogP contribution in [-0.2, 0) is 6.54 Å². The van der Waals surface area contributed by atoms with E-state index >= 15 is 0 Å². The first kappa shape index (κ1) is 17.1. The molecule has 1 N–H and O–H groups in total. The molecular weight excluding hydrogens is 299 g/mol. The quantitative estimate of drug-likeness (QED) is 0.843. The molecule has 2 aromatic rings. The SMILES string of the molecule is Cc1ncsc1CN(CC(C)C)CC(O)c1ccc(F)cc1. The second-order valence-electron chi connectivity index (χ2n) is 6.02. The molecule has 0 spiro atoms. The molecule has 0 fully saturated rings. The highest BCUT2D eigenvalue weighted by atomic mass is 32.1. The van der Waals surface area contributed by atoms with E-state index in [2.05, 4.69) is 23.7 Å². The van der Waals surface area contributed by atoms with Crippen molar-refractivity contribution in [1.82, 2.24) is 9.88 Å². The van der Waals surface area contributed by atoms with Gasteiger partial charge in [-0.15, -0.1) is 11.3 Å². The largest absolute Gasteiger partial charge is 0.387 e. The van der Waals surface area contributed by atoms with E-state index in [9.17, 15) is 9.50 Å². The van der Waals surface area contributed by atoms with E-state index in [0.717, 1.165) is 24.3 Å². The van der Waals surface area contributed by atoms with Gasteiger partial charge in [0.1, 0.15) is 5.82 Å². The second kappa shape index (κ2) is 7.81. The molecule has 1 aromatic carbocycles. The van der Waals surface area contributed by atoms with Crippen molar-refractivity contribution >= 4 is 11.3 Å².